The van der Waals surface area contributed by atoms with Crippen LogP contribution in [0.4, 0.5) is 5.13 Å². The number of rotatable bonds is 9. The van der Waals surface area contributed by atoms with Crippen LogP contribution >= 0.6 is 22.7 Å². The van der Waals surface area contributed by atoms with Crippen LogP contribution < -0.4 is 16.4 Å². The quantitative estimate of drug-likeness (QED) is 0.508. The van der Waals surface area contributed by atoms with E-state index in [1.807, 2.05) is 38.3 Å². The zero-order chi connectivity index (χ0) is 22.3. The number of nitrogens with one attached hydrogen (secondary N) is 2. The highest BCUT2D eigenvalue weighted by molar-refractivity contribution is 7.15. The SMILES string of the molecule is CC(C)CC(C=CC(=O)Nc1nnc(C(C)(C)C)s1)NC(=O)C(N)Cc1cccs1. The highest BCUT2D eigenvalue weighted by Crippen LogP contribution is 2.27. The van der Waals surface area contributed by atoms with Crippen molar-refractivity contribution < 1.29 is 9.59 Å². The van der Waals surface area contributed by atoms with Crippen molar-refractivity contribution in [3.63, 3.8) is 0 Å². The third kappa shape index (κ3) is 7.97. The number of aromatic nitrogens is 2. The van der Waals surface area contributed by atoms with Crippen LogP contribution in [-0.4, -0.2) is 34.1 Å². The first-order valence-corrected chi connectivity index (χ1v) is 11.7. The third-order valence-electron chi connectivity index (χ3n) is 4.17. The predicted octanol–water partition coefficient (Wildman–Crippen LogP) is 3.49. The van der Waals surface area contributed by atoms with E-state index in [-0.39, 0.29) is 23.3 Å². The minimum Gasteiger partial charge on any atom is -0.349 e. The van der Waals surface area contributed by atoms with Crippen molar-refractivity contribution in [2.45, 2.75) is 65.0 Å². The molecule has 0 aromatic carbocycles. The number of carbonyl (C=O) groups is 2. The smallest absolute Gasteiger partial charge is 0.249 e. The van der Waals surface area contributed by atoms with Gasteiger partial charge in [0.25, 0.3) is 0 Å². The van der Waals surface area contributed by atoms with Gasteiger partial charge >= 0.3 is 0 Å². The molecule has 0 aliphatic carbocycles. The molecule has 0 saturated heterocycles. The molecule has 4 N–H and O–H groups in total. The van der Waals surface area contributed by atoms with Gasteiger partial charge in [0.05, 0.1) is 6.04 Å². The van der Waals surface area contributed by atoms with Gasteiger partial charge in [0.2, 0.25) is 16.9 Å². The average Bonchev–Trinajstić information content (AvgIpc) is 3.30. The third-order valence-corrected chi connectivity index (χ3v) is 6.33. The lowest BCUT2D eigenvalue weighted by molar-refractivity contribution is -0.122. The lowest BCUT2D eigenvalue weighted by Crippen LogP contribution is -2.46. The van der Waals surface area contributed by atoms with E-state index in [1.54, 1.807) is 17.4 Å². The Morgan fingerprint density at radius 1 is 1.27 bits per heavy atom. The molecule has 0 spiro atoms. The molecule has 9 heteroatoms. The Morgan fingerprint density at radius 3 is 2.57 bits per heavy atom. The molecule has 0 fully saturated rings. The van der Waals surface area contributed by atoms with Gasteiger partial charge in [0, 0.05) is 28.8 Å². The summed E-state index contributed by atoms with van der Waals surface area (Å²) in [5.74, 6) is -0.190. The van der Waals surface area contributed by atoms with Crippen molar-refractivity contribution in [3.05, 3.63) is 39.5 Å². The van der Waals surface area contributed by atoms with Crippen LogP contribution in [0.15, 0.2) is 29.7 Å². The molecule has 2 rings (SSSR count). The number of hydrogen-bond acceptors (Lipinski definition) is 7. The van der Waals surface area contributed by atoms with Crippen LogP contribution in [-0.2, 0) is 21.4 Å². The van der Waals surface area contributed by atoms with Crippen LogP contribution in [0.2, 0.25) is 0 Å². The van der Waals surface area contributed by atoms with Gasteiger partial charge in [-0.15, -0.1) is 21.5 Å². The van der Waals surface area contributed by atoms with Gasteiger partial charge in [-0.25, -0.2) is 0 Å². The molecule has 0 saturated carbocycles. The van der Waals surface area contributed by atoms with Gasteiger partial charge in [-0.05, 0) is 23.8 Å². The molecule has 2 heterocycles. The second kappa shape index (κ2) is 10.8. The van der Waals surface area contributed by atoms with Crippen molar-refractivity contribution in [1.29, 1.82) is 0 Å². The fourth-order valence-corrected chi connectivity index (χ4v) is 4.22. The number of anilines is 1. The van der Waals surface area contributed by atoms with E-state index in [0.717, 1.165) is 9.88 Å². The number of amides is 2. The van der Waals surface area contributed by atoms with E-state index in [0.29, 0.717) is 23.9 Å². The Balaban J connectivity index is 1.95. The summed E-state index contributed by atoms with van der Waals surface area (Å²) in [4.78, 5) is 25.9. The van der Waals surface area contributed by atoms with Crippen molar-refractivity contribution in [3.8, 4) is 0 Å². The Morgan fingerprint density at radius 2 is 2.00 bits per heavy atom. The van der Waals surface area contributed by atoms with Gasteiger partial charge in [0.1, 0.15) is 5.01 Å². The summed E-state index contributed by atoms with van der Waals surface area (Å²) >= 11 is 2.94. The Labute approximate surface area is 186 Å². The molecule has 2 amide bonds. The van der Waals surface area contributed by atoms with E-state index in [2.05, 4.69) is 34.7 Å². The Hall–Kier alpha value is -2.10. The van der Waals surface area contributed by atoms with Gasteiger partial charge in [0.15, 0.2) is 0 Å². The number of nitrogens with two attached hydrogens (primary N) is 1. The van der Waals surface area contributed by atoms with Crippen LogP contribution in [0.5, 0.6) is 0 Å². The van der Waals surface area contributed by atoms with E-state index < -0.39 is 6.04 Å². The number of thiophene rings is 1. The minimum atomic E-state index is -0.627. The van der Waals surface area contributed by atoms with E-state index in [1.165, 1.54) is 17.4 Å². The summed E-state index contributed by atoms with van der Waals surface area (Å²) in [5, 5.41) is 17.1. The average molecular weight is 450 g/mol. The largest absolute Gasteiger partial charge is 0.349 e. The summed E-state index contributed by atoms with van der Waals surface area (Å²) in [5.41, 5.74) is 5.94. The molecule has 30 heavy (non-hydrogen) atoms. The second-order valence-electron chi connectivity index (χ2n) is 8.65. The highest BCUT2D eigenvalue weighted by Gasteiger charge is 2.20. The standard InChI is InChI=1S/C21H31N5O2S2/c1-13(2)11-14(23-18(28)16(22)12-15-7-6-10-29-15)8-9-17(27)24-20-26-25-19(30-20)21(3,4)5/h6-10,13-14,16H,11-12,22H2,1-5H3,(H,23,28)(H,24,26,27). The minimum absolute atomic E-state index is 0.120. The van der Waals surface area contributed by atoms with Crippen molar-refractivity contribution in [2.24, 2.45) is 11.7 Å². The van der Waals surface area contributed by atoms with Crippen LogP contribution in [0.1, 0.15) is 50.9 Å². The summed E-state index contributed by atoms with van der Waals surface area (Å²) in [7, 11) is 0. The van der Waals surface area contributed by atoms with Gasteiger partial charge in [-0.1, -0.05) is 58.1 Å². The first-order valence-electron chi connectivity index (χ1n) is 9.96. The van der Waals surface area contributed by atoms with E-state index >= 15 is 0 Å². The topological polar surface area (TPSA) is 110 Å². The summed E-state index contributed by atoms with van der Waals surface area (Å²) in [6.45, 7) is 10.3. The number of hydrogen-bond donors (Lipinski definition) is 3. The fraction of sp³-hybridized carbons (Fsp3) is 0.524. The second-order valence-corrected chi connectivity index (χ2v) is 10.7. The van der Waals surface area contributed by atoms with Crippen molar-refractivity contribution in [2.75, 3.05) is 5.32 Å². The highest BCUT2D eigenvalue weighted by atomic mass is 32.1. The van der Waals surface area contributed by atoms with Crippen LogP contribution in [0.25, 0.3) is 0 Å². The monoisotopic (exact) mass is 449 g/mol. The summed E-state index contributed by atoms with van der Waals surface area (Å²) in [6.07, 6.45) is 4.33. The predicted molar refractivity (Wildman–Crippen MR) is 124 cm³/mol. The van der Waals surface area contributed by atoms with Crippen LogP contribution in [0, 0.1) is 5.92 Å². The Bertz CT molecular complexity index is 853. The molecule has 2 atom stereocenters. The van der Waals surface area contributed by atoms with Crippen molar-refractivity contribution >= 4 is 39.6 Å². The summed E-state index contributed by atoms with van der Waals surface area (Å²) in [6, 6.07) is 3.00. The molecular weight excluding hydrogens is 418 g/mol. The van der Waals surface area contributed by atoms with Gasteiger partial charge < -0.3 is 11.1 Å². The maximum Gasteiger partial charge on any atom is 0.249 e. The molecule has 0 radical (unpaired) electrons. The molecule has 7 nitrogen and oxygen atoms in total. The number of carbonyl (C=O) groups excluding carboxylic acids is 2. The normalized spacial score (nSPS) is 14.1. The van der Waals surface area contributed by atoms with E-state index in [9.17, 15) is 9.59 Å². The molecular formula is C21H31N5O2S2. The lowest BCUT2D eigenvalue weighted by atomic mass is 9.98. The van der Waals surface area contributed by atoms with Crippen LogP contribution in [0.3, 0.4) is 0 Å². The number of nitrogens with zero attached hydrogens (tertiary/aromatic N) is 2. The maximum atomic E-state index is 12.5. The maximum absolute atomic E-state index is 12.5. The van der Waals surface area contributed by atoms with Gasteiger partial charge in [-0.2, -0.15) is 0 Å². The molecule has 0 aliphatic heterocycles. The first-order chi connectivity index (χ1) is 14.0. The zero-order valence-corrected chi connectivity index (χ0v) is 19.8. The lowest BCUT2D eigenvalue weighted by Gasteiger charge is -2.19. The molecule has 0 bridgehead atoms. The van der Waals surface area contributed by atoms with Crippen molar-refractivity contribution in [1.82, 2.24) is 15.5 Å². The molecule has 164 valence electrons. The fourth-order valence-electron chi connectivity index (χ4n) is 2.65. The molecule has 0 aliphatic rings. The first kappa shape index (κ1) is 24.2. The molecule has 2 unspecified atom stereocenters. The zero-order valence-electron chi connectivity index (χ0n) is 18.1. The molecule has 2 aromatic rings. The van der Waals surface area contributed by atoms with E-state index in [4.69, 9.17) is 5.73 Å². The molecule has 2 aromatic heterocycles. The summed E-state index contributed by atoms with van der Waals surface area (Å²) < 4.78 is 0. The van der Waals surface area contributed by atoms with Gasteiger partial charge in [-0.3, -0.25) is 14.9 Å². The Kier molecular flexibility index (Phi) is 8.69.